The van der Waals surface area contributed by atoms with Crippen molar-refractivity contribution < 1.29 is 0 Å². The third-order valence-corrected chi connectivity index (χ3v) is 5.88. The number of rotatable bonds is 5. The number of benzene rings is 1. The van der Waals surface area contributed by atoms with E-state index in [-0.39, 0.29) is 0 Å². The predicted octanol–water partition coefficient (Wildman–Crippen LogP) is 5.74. The molecule has 2 aliphatic rings. The van der Waals surface area contributed by atoms with Crippen LogP contribution in [0.15, 0.2) is 48.1 Å². The number of aryl methyl sites for hydroxylation is 1. The SMILES string of the molecule is C#CC1=CC=C(CN2CCC(c3ccc(C(=C)C)c(CC)c3)CC2)CC1. The molecule has 1 nitrogen and oxygen atoms in total. The lowest BCUT2D eigenvalue weighted by Crippen LogP contribution is -2.34. The fraction of sp³-hybridized carbons (Fsp3) is 0.440. The van der Waals surface area contributed by atoms with Crippen LogP contribution >= 0.6 is 0 Å². The maximum absolute atomic E-state index is 5.49. The number of nitrogens with zero attached hydrogens (tertiary/aromatic N) is 1. The summed E-state index contributed by atoms with van der Waals surface area (Å²) in [5.74, 6) is 3.47. The van der Waals surface area contributed by atoms with Crippen LogP contribution in [0, 0.1) is 12.3 Å². The molecule has 1 aromatic carbocycles. The van der Waals surface area contributed by atoms with Crippen LogP contribution in [-0.2, 0) is 6.42 Å². The van der Waals surface area contributed by atoms with Crippen LogP contribution in [0.25, 0.3) is 5.57 Å². The van der Waals surface area contributed by atoms with Crippen LogP contribution < -0.4 is 0 Å². The minimum absolute atomic E-state index is 0.698. The van der Waals surface area contributed by atoms with E-state index in [0.717, 1.165) is 31.4 Å². The minimum atomic E-state index is 0.698. The highest BCUT2D eigenvalue weighted by Gasteiger charge is 2.22. The van der Waals surface area contributed by atoms with Gasteiger partial charge in [-0.05, 0) is 74.7 Å². The smallest absolute Gasteiger partial charge is 0.0196 e. The molecule has 26 heavy (non-hydrogen) atoms. The normalized spacial score (nSPS) is 18.8. The van der Waals surface area contributed by atoms with Gasteiger partial charge in [-0.1, -0.05) is 60.9 Å². The first-order valence-electron chi connectivity index (χ1n) is 9.97. The average molecular weight is 346 g/mol. The topological polar surface area (TPSA) is 3.24 Å². The second kappa shape index (κ2) is 8.56. The van der Waals surface area contributed by atoms with E-state index in [1.54, 1.807) is 0 Å². The van der Waals surface area contributed by atoms with Crippen LogP contribution in [-0.4, -0.2) is 24.5 Å². The largest absolute Gasteiger partial charge is 0.299 e. The third kappa shape index (κ3) is 4.37. The highest BCUT2D eigenvalue weighted by atomic mass is 15.1. The van der Waals surface area contributed by atoms with Crippen molar-refractivity contribution in [1.82, 2.24) is 4.90 Å². The second-order valence-electron chi connectivity index (χ2n) is 7.76. The van der Waals surface area contributed by atoms with E-state index in [0.29, 0.717) is 5.92 Å². The molecule has 1 heterocycles. The maximum Gasteiger partial charge on any atom is 0.0196 e. The average Bonchev–Trinajstić information content (AvgIpc) is 2.68. The lowest BCUT2D eigenvalue weighted by atomic mass is 9.86. The summed E-state index contributed by atoms with van der Waals surface area (Å²) in [6, 6.07) is 7.05. The Morgan fingerprint density at radius 3 is 2.58 bits per heavy atom. The van der Waals surface area contributed by atoms with Crippen LogP contribution in [0.4, 0.5) is 0 Å². The van der Waals surface area contributed by atoms with Gasteiger partial charge < -0.3 is 0 Å². The molecule has 0 saturated carbocycles. The first-order chi connectivity index (χ1) is 12.6. The van der Waals surface area contributed by atoms with Crippen molar-refractivity contribution >= 4 is 5.57 Å². The third-order valence-electron chi connectivity index (χ3n) is 5.88. The van der Waals surface area contributed by atoms with Gasteiger partial charge in [0.05, 0.1) is 0 Å². The van der Waals surface area contributed by atoms with Crippen LogP contribution in [0.5, 0.6) is 0 Å². The van der Waals surface area contributed by atoms with E-state index >= 15 is 0 Å². The number of likely N-dealkylation sites (tertiary alicyclic amines) is 1. The lowest BCUT2D eigenvalue weighted by molar-refractivity contribution is 0.226. The molecule has 0 unspecified atom stereocenters. The Morgan fingerprint density at radius 2 is 2.00 bits per heavy atom. The zero-order valence-electron chi connectivity index (χ0n) is 16.4. The summed E-state index contributed by atoms with van der Waals surface area (Å²) in [6.45, 7) is 12.0. The summed E-state index contributed by atoms with van der Waals surface area (Å²) in [5.41, 5.74) is 8.13. The molecule has 0 amide bonds. The standard InChI is InChI=1S/C25H31N/c1-5-20-7-9-21(10-8-20)18-26-15-13-23(14-16-26)24-11-12-25(19(3)4)22(6-2)17-24/h1,7,9,11-12,17,23H,3,6,8,10,13-16,18H2,2,4H3. The van der Waals surface area contributed by atoms with E-state index in [9.17, 15) is 0 Å². The van der Waals surface area contributed by atoms with Gasteiger partial charge in [0.2, 0.25) is 0 Å². The summed E-state index contributed by atoms with van der Waals surface area (Å²) in [4.78, 5) is 2.61. The van der Waals surface area contributed by atoms with Gasteiger partial charge in [-0.3, -0.25) is 4.90 Å². The van der Waals surface area contributed by atoms with Crippen LogP contribution in [0.2, 0.25) is 0 Å². The van der Waals surface area contributed by atoms with Gasteiger partial charge in [-0.25, -0.2) is 0 Å². The van der Waals surface area contributed by atoms with Crippen LogP contribution in [0.3, 0.4) is 0 Å². The molecule has 1 aliphatic carbocycles. The number of allylic oxidation sites excluding steroid dienone is 4. The van der Waals surface area contributed by atoms with Crippen molar-refractivity contribution in [3.8, 4) is 12.3 Å². The van der Waals surface area contributed by atoms with E-state index in [1.807, 2.05) is 0 Å². The van der Waals surface area contributed by atoms with Gasteiger partial charge in [0.25, 0.3) is 0 Å². The number of terminal acetylenes is 1. The second-order valence-corrected chi connectivity index (χ2v) is 7.76. The molecule has 1 heteroatoms. The Hall–Kier alpha value is -2.04. The molecular weight excluding hydrogens is 314 g/mol. The highest BCUT2D eigenvalue weighted by molar-refractivity contribution is 5.65. The van der Waals surface area contributed by atoms with Crippen LogP contribution in [0.1, 0.15) is 62.1 Å². The molecule has 1 aromatic rings. The Balaban J connectivity index is 1.59. The molecule has 0 N–H and O–H groups in total. The summed E-state index contributed by atoms with van der Waals surface area (Å²) < 4.78 is 0. The first-order valence-corrected chi connectivity index (χ1v) is 9.97. The summed E-state index contributed by atoms with van der Waals surface area (Å²) in [6.07, 6.45) is 15.6. The van der Waals surface area contributed by atoms with Crippen molar-refractivity contribution in [2.45, 2.75) is 51.9 Å². The minimum Gasteiger partial charge on any atom is -0.299 e. The predicted molar refractivity (Wildman–Crippen MR) is 113 cm³/mol. The van der Waals surface area contributed by atoms with Gasteiger partial charge in [0.1, 0.15) is 0 Å². The molecule has 136 valence electrons. The molecule has 1 aliphatic heterocycles. The molecule has 0 atom stereocenters. The molecule has 3 rings (SSSR count). The zero-order valence-corrected chi connectivity index (χ0v) is 16.4. The van der Waals surface area contributed by atoms with Crippen molar-refractivity contribution in [3.05, 3.63) is 64.8 Å². The Morgan fingerprint density at radius 1 is 1.23 bits per heavy atom. The summed E-state index contributed by atoms with van der Waals surface area (Å²) in [5, 5.41) is 0. The summed E-state index contributed by atoms with van der Waals surface area (Å²) in [7, 11) is 0. The molecule has 1 saturated heterocycles. The number of hydrogen-bond acceptors (Lipinski definition) is 1. The molecule has 0 spiro atoms. The van der Waals surface area contributed by atoms with Crippen molar-refractivity contribution in [3.63, 3.8) is 0 Å². The summed E-state index contributed by atoms with van der Waals surface area (Å²) >= 11 is 0. The molecular formula is C25H31N. The fourth-order valence-electron chi connectivity index (χ4n) is 4.22. The van der Waals surface area contributed by atoms with Crippen molar-refractivity contribution in [2.75, 3.05) is 19.6 Å². The Kier molecular flexibility index (Phi) is 6.17. The van der Waals surface area contributed by atoms with Gasteiger partial charge in [0, 0.05) is 12.1 Å². The maximum atomic E-state index is 5.49. The van der Waals surface area contributed by atoms with Crippen molar-refractivity contribution in [1.29, 1.82) is 0 Å². The molecule has 0 aromatic heterocycles. The number of piperidine rings is 1. The molecule has 0 radical (unpaired) electrons. The lowest BCUT2D eigenvalue weighted by Gasteiger charge is -2.33. The quantitative estimate of drug-likeness (QED) is 0.615. The van der Waals surface area contributed by atoms with Crippen molar-refractivity contribution in [2.24, 2.45) is 0 Å². The zero-order chi connectivity index (χ0) is 18.5. The first kappa shape index (κ1) is 18.7. The van der Waals surface area contributed by atoms with E-state index in [4.69, 9.17) is 6.42 Å². The van der Waals surface area contributed by atoms with Gasteiger partial charge >= 0.3 is 0 Å². The highest BCUT2D eigenvalue weighted by Crippen LogP contribution is 2.31. The number of hydrogen-bond donors (Lipinski definition) is 0. The Bertz CT molecular complexity index is 764. The molecule has 0 bridgehead atoms. The van der Waals surface area contributed by atoms with E-state index in [2.05, 4.69) is 61.6 Å². The van der Waals surface area contributed by atoms with E-state index < -0.39 is 0 Å². The Labute approximate surface area is 159 Å². The fourth-order valence-corrected chi connectivity index (χ4v) is 4.22. The van der Waals surface area contributed by atoms with Gasteiger partial charge in [0.15, 0.2) is 0 Å². The monoisotopic (exact) mass is 345 g/mol. The van der Waals surface area contributed by atoms with Gasteiger partial charge in [-0.15, -0.1) is 6.42 Å². The van der Waals surface area contributed by atoms with Gasteiger partial charge in [-0.2, -0.15) is 0 Å². The molecule has 1 fully saturated rings. The van der Waals surface area contributed by atoms with E-state index in [1.165, 1.54) is 53.8 Å².